The first-order valence-corrected chi connectivity index (χ1v) is 10.6. The van der Waals surface area contributed by atoms with Crippen molar-refractivity contribution < 1.29 is 9.59 Å². The zero-order valence-electron chi connectivity index (χ0n) is 17.6. The standard InChI is InChI=1S/C26H23N3O2/c1-3-17-8-12-21(13-9-17)29-26-24(16(2)28-29)22(15-23(30)27-26)25(31)20-11-10-18-6-4-5-7-19(18)14-20/h4-14,22H,3,15H2,1-2H3,(H,27,30)/t22-/m1/s1. The van der Waals surface area contributed by atoms with Crippen LogP contribution in [0.25, 0.3) is 16.5 Å². The lowest BCUT2D eigenvalue weighted by Crippen LogP contribution is -2.28. The summed E-state index contributed by atoms with van der Waals surface area (Å²) in [6, 6.07) is 21.8. The predicted molar refractivity (Wildman–Crippen MR) is 122 cm³/mol. The van der Waals surface area contributed by atoms with Crippen LogP contribution in [0.1, 0.15) is 46.4 Å². The number of hydrogen-bond donors (Lipinski definition) is 1. The van der Waals surface area contributed by atoms with E-state index < -0.39 is 5.92 Å². The second-order valence-electron chi connectivity index (χ2n) is 8.01. The third kappa shape index (κ3) is 3.32. The summed E-state index contributed by atoms with van der Waals surface area (Å²) in [5, 5.41) is 9.73. The number of rotatable bonds is 4. The van der Waals surface area contributed by atoms with E-state index in [1.54, 1.807) is 4.68 Å². The van der Waals surface area contributed by atoms with Crippen LogP contribution in [-0.2, 0) is 11.2 Å². The average Bonchev–Trinajstić information content (AvgIpc) is 3.13. The van der Waals surface area contributed by atoms with Crippen LogP contribution in [0, 0.1) is 6.92 Å². The molecular formula is C26H23N3O2. The van der Waals surface area contributed by atoms with Gasteiger partial charge in [-0.25, -0.2) is 4.68 Å². The quantitative estimate of drug-likeness (QED) is 0.471. The molecule has 154 valence electrons. The van der Waals surface area contributed by atoms with E-state index in [-0.39, 0.29) is 18.1 Å². The Labute approximate surface area is 180 Å². The first-order chi connectivity index (χ1) is 15.0. The van der Waals surface area contributed by atoms with Gasteiger partial charge in [0, 0.05) is 17.5 Å². The molecule has 5 rings (SSSR count). The summed E-state index contributed by atoms with van der Waals surface area (Å²) < 4.78 is 1.74. The SMILES string of the molecule is CCc1ccc(-n2nc(C)c3c2NC(=O)C[C@H]3C(=O)c2ccc3ccccc3c2)cc1. The van der Waals surface area contributed by atoms with E-state index in [9.17, 15) is 9.59 Å². The van der Waals surface area contributed by atoms with Crippen LogP contribution >= 0.6 is 0 Å². The van der Waals surface area contributed by atoms with Gasteiger partial charge >= 0.3 is 0 Å². The Morgan fingerprint density at radius 1 is 1.06 bits per heavy atom. The van der Waals surface area contributed by atoms with Crippen LogP contribution < -0.4 is 5.32 Å². The van der Waals surface area contributed by atoms with Gasteiger partial charge in [-0.2, -0.15) is 5.10 Å². The van der Waals surface area contributed by atoms with Crippen molar-refractivity contribution in [2.75, 3.05) is 5.32 Å². The van der Waals surface area contributed by atoms with Crippen molar-refractivity contribution in [3.05, 3.63) is 89.1 Å². The van der Waals surface area contributed by atoms with Crippen LogP contribution in [0.3, 0.4) is 0 Å². The number of fused-ring (bicyclic) bond motifs is 2. The molecule has 4 aromatic rings. The fourth-order valence-corrected chi connectivity index (χ4v) is 4.37. The molecule has 0 unspecified atom stereocenters. The summed E-state index contributed by atoms with van der Waals surface area (Å²) in [6.45, 7) is 4.01. The highest BCUT2D eigenvalue weighted by Crippen LogP contribution is 2.38. The van der Waals surface area contributed by atoms with E-state index in [2.05, 4.69) is 29.5 Å². The molecule has 1 aliphatic heterocycles. The number of nitrogens with one attached hydrogen (secondary N) is 1. The summed E-state index contributed by atoms with van der Waals surface area (Å²) in [4.78, 5) is 26.1. The lowest BCUT2D eigenvalue weighted by atomic mass is 9.85. The molecule has 1 amide bonds. The summed E-state index contributed by atoms with van der Waals surface area (Å²) in [5.74, 6) is -0.172. The van der Waals surface area contributed by atoms with Gasteiger partial charge in [0.25, 0.3) is 0 Å². The molecule has 1 aromatic heterocycles. The van der Waals surface area contributed by atoms with Gasteiger partial charge in [-0.05, 0) is 47.9 Å². The number of amides is 1. The smallest absolute Gasteiger partial charge is 0.226 e. The second-order valence-corrected chi connectivity index (χ2v) is 8.01. The van der Waals surface area contributed by atoms with E-state index in [1.807, 2.05) is 61.5 Å². The molecule has 31 heavy (non-hydrogen) atoms. The largest absolute Gasteiger partial charge is 0.310 e. The Bertz CT molecular complexity index is 1320. The number of aryl methyl sites for hydroxylation is 2. The first-order valence-electron chi connectivity index (χ1n) is 10.6. The summed E-state index contributed by atoms with van der Waals surface area (Å²) >= 11 is 0. The number of carbonyl (C=O) groups is 2. The predicted octanol–water partition coefficient (Wildman–Crippen LogP) is 5.21. The summed E-state index contributed by atoms with van der Waals surface area (Å²) in [6.07, 6.45) is 1.08. The zero-order chi connectivity index (χ0) is 21.5. The molecule has 1 N–H and O–H groups in total. The van der Waals surface area contributed by atoms with E-state index in [0.717, 1.165) is 34.1 Å². The van der Waals surface area contributed by atoms with Gasteiger partial charge in [-0.15, -0.1) is 0 Å². The minimum absolute atomic E-state index is 0.0502. The fraction of sp³-hybridized carbons (Fsp3) is 0.192. The van der Waals surface area contributed by atoms with Gasteiger partial charge < -0.3 is 5.32 Å². The van der Waals surface area contributed by atoms with Crippen molar-refractivity contribution in [3.63, 3.8) is 0 Å². The lowest BCUT2D eigenvalue weighted by molar-refractivity contribution is -0.116. The molecule has 0 aliphatic carbocycles. The number of Topliss-reactive ketones (excluding diaryl/α,β-unsaturated/α-hetero) is 1. The first kappa shape index (κ1) is 19.2. The van der Waals surface area contributed by atoms with Crippen LogP contribution in [-0.4, -0.2) is 21.5 Å². The van der Waals surface area contributed by atoms with Crippen LogP contribution in [0.4, 0.5) is 5.82 Å². The van der Waals surface area contributed by atoms with Gasteiger partial charge in [-0.1, -0.05) is 55.5 Å². The van der Waals surface area contributed by atoms with Gasteiger partial charge in [-0.3, -0.25) is 9.59 Å². The van der Waals surface area contributed by atoms with Gasteiger partial charge in [0.15, 0.2) is 5.78 Å². The normalized spacial score (nSPS) is 15.5. The van der Waals surface area contributed by atoms with Crippen molar-refractivity contribution in [2.24, 2.45) is 0 Å². The number of ketones is 1. The molecule has 0 fully saturated rings. The molecule has 0 bridgehead atoms. The maximum Gasteiger partial charge on any atom is 0.226 e. The number of anilines is 1. The minimum atomic E-state index is -0.548. The third-order valence-corrected chi connectivity index (χ3v) is 6.04. The van der Waals surface area contributed by atoms with E-state index >= 15 is 0 Å². The van der Waals surface area contributed by atoms with Crippen LogP contribution in [0.15, 0.2) is 66.7 Å². The summed E-state index contributed by atoms with van der Waals surface area (Å²) in [7, 11) is 0. The molecule has 3 aromatic carbocycles. The molecule has 0 saturated carbocycles. The van der Waals surface area contributed by atoms with Crippen molar-refractivity contribution in [2.45, 2.75) is 32.6 Å². The monoisotopic (exact) mass is 409 g/mol. The topological polar surface area (TPSA) is 64.0 Å². The fourth-order valence-electron chi connectivity index (χ4n) is 4.37. The maximum atomic E-state index is 13.5. The molecular weight excluding hydrogens is 386 g/mol. The molecule has 0 radical (unpaired) electrons. The number of nitrogens with zero attached hydrogens (tertiary/aromatic N) is 2. The third-order valence-electron chi connectivity index (χ3n) is 6.04. The van der Waals surface area contributed by atoms with E-state index in [4.69, 9.17) is 0 Å². The van der Waals surface area contributed by atoms with Gasteiger partial charge in [0.2, 0.25) is 5.91 Å². The maximum absolute atomic E-state index is 13.5. The van der Waals surface area contributed by atoms with Gasteiger partial charge in [0.05, 0.1) is 17.3 Å². The van der Waals surface area contributed by atoms with Crippen molar-refractivity contribution in [1.29, 1.82) is 0 Å². The second kappa shape index (κ2) is 7.51. The number of hydrogen-bond acceptors (Lipinski definition) is 3. The Hall–Kier alpha value is -3.73. The number of aromatic nitrogens is 2. The van der Waals surface area contributed by atoms with E-state index in [1.165, 1.54) is 5.56 Å². The molecule has 0 saturated heterocycles. The summed E-state index contributed by atoms with van der Waals surface area (Å²) in [5.41, 5.74) is 4.27. The highest BCUT2D eigenvalue weighted by Gasteiger charge is 2.36. The zero-order valence-corrected chi connectivity index (χ0v) is 17.6. The van der Waals surface area contributed by atoms with Crippen molar-refractivity contribution in [1.82, 2.24) is 9.78 Å². The van der Waals surface area contributed by atoms with Gasteiger partial charge in [0.1, 0.15) is 5.82 Å². The Balaban J connectivity index is 1.58. The highest BCUT2D eigenvalue weighted by atomic mass is 16.2. The van der Waals surface area contributed by atoms with Crippen LogP contribution in [0.5, 0.6) is 0 Å². The average molecular weight is 409 g/mol. The molecule has 0 spiro atoms. The molecule has 1 atom stereocenters. The Kier molecular flexibility index (Phi) is 4.66. The number of benzene rings is 3. The van der Waals surface area contributed by atoms with Crippen LogP contribution in [0.2, 0.25) is 0 Å². The Morgan fingerprint density at radius 2 is 1.81 bits per heavy atom. The minimum Gasteiger partial charge on any atom is -0.310 e. The molecule has 2 heterocycles. The highest BCUT2D eigenvalue weighted by molar-refractivity contribution is 6.09. The molecule has 5 nitrogen and oxygen atoms in total. The number of carbonyl (C=O) groups excluding carboxylic acids is 2. The van der Waals surface area contributed by atoms with Crippen molar-refractivity contribution >= 4 is 28.3 Å². The Morgan fingerprint density at radius 3 is 2.55 bits per heavy atom. The van der Waals surface area contributed by atoms with E-state index in [0.29, 0.717) is 11.4 Å². The molecule has 5 heteroatoms. The van der Waals surface area contributed by atoms with Crippen molar-refractivity contribution in [3.8, 4) is 5.69 Å². The molecule has 1 aliphatic rings. The lowest BCUT2D eigenvalue weighted by Gasteiger charge is -2.23.